The van der Waals surface area contributed by atoms with E-state index >= 15 is 0 Å². The van der Waals surface area contributed by atoms with Crippen molar-refractivity contribution in [1.82, 2.24) is 20.1 Å². The first kappa shape index (κ1) is 20.1. The first-order valence-electron chi connectivity index (χ1n) is 9.47. The summed E-state index contributed by atoms with van der Waals surface area (Å²) in [7, 11) is 0. The normalized spacial score (nSPS) is 12.1. The second-order valence-corrected chi connectivity index (χ2v) is 8.21. The van der Waals surface area contributed by atoms with Crippen molar-refractivity contribution in [3.8, 4) is 5.69 Å². The van der Waals surface area contributed by atoms with Crippen LogP contribution in [0.1, 0.15) is 37.4 Å². The largest absolute Gasteiger partial charge is 0.349 e. The molecule has 1 amide bonds. The Kier molecular flexibility index (Phi) is 6.87. The van der Waals surface area contributed by atoms with Gasteiger partial charge < -0.3 is 5.32 Å². The topological polar surface area (TPSA) is 59.8 Å². The monoisotopic (exact) mass is 394 g/mol. The van der Waals surface area contributed by atoms with Crippen LogP contribution in [-0.4, -0.2) is 26.4 Å². The zero-order valence-electron chi connectivity index (χ0n) is 16.5. The SMILES string of the molecule is Cc1ccc(-n2cnnc2SCC(=O)NC(CC(C)C)c2ccccc2)cc1. The van der Waals surface area contributed by atoms with E-state index in [1.165, 1.54) is 17.3 Å². The average molecular weight is 395 g/mol. The van der Waals surface area contributed by atoms with Crippen molar-refractivity contribution in [1.29, 1.82) is 0 Å². The van der Waals surface area contributed by atoms with Gasteiger partial charge in [-0.25, -0.2) is 0 Å². The maximum atomic E-state index is 12.6. The minimum Gasteiger partial charge on any atom is -0.349 e. The maximum absolute atomic E-state index is 12.6. The number of amides is 1. The molecule has 0 saturated heterocycles. The molecule has 1 N–H and O–H groups in total. The van der Waals surface area contributed by atoms with E-state index in [-0.39, 0.29) is 11.9 Å². The van der Waals surface area contributed by atoms with Crippen LogP contribution in [0, 0.1) is 12.8 Å². The summed E-state index contributed by atoms with van der Waals surface area (Å²) in [6, 6.07) is 18.3. The molecular formula is C22H26N4OS. The molecule has 3 rings (SSSR count). The molecule has 1 aromatic heterocycles. The van der Waals surface area contributed by atoms with Gasteiger partial charge >= 0.3 is 0 Å². The molecule has 2 aromatic carbocycles. The maximum Gasteiger partial charge on any atom is 0.230 e. The number of benzene rings is 2. The Labute approximate surface area is 170 Å². The van der Waals surface area contributed by atoms with Crippen molar-refractivity contribution < 1.29 is 4.79 Å². The summed E-state index contributed by atoms with van der Waals surface area (Å²) < 4.78 is 1.90. The van der Waals surface area contributed by atoms with E-state index in [4.69, 9.17) is 0 Å². The highest BCUT2D eigenvalue weighted by molar-refractivity contribution is 7.99. The standard InChI is InChI=1S/C22H26N4OS/c1-16(2)13-20(18-7-5-4-6-8-18)24-21(27)14-28-22-25-23-15-26(22)19-11-9-17(3)10-12-19/h4-12,15-16,20H,13-14H2,1-3H3,(H,24,27). The van der Waals surface area contributed by atoms with Crippen LogP contribution in [0.2, 0.25) is 0 Å². The molecule has 3 aromatic rings. The first-order chi connectivity index (χ1) is 13.5. The van der Waals surface area contributed by atoms with Gasteiger partial charge in [0, 0.05) is 5.69 Å². The predicted octanol–water partition coefficient (Wildman–Crippen LogP) is 4.57. The van der Waals surface area contributed by atoms with Gasteiger partial charge in [0.05, 0.1) is 11.8 Å². The molecule has 0 aliphatic carbocycles. The molecule has 28 heavy (non-hydrogen) atoms. The minimum absolute atomic E-state index is 0.00189. The van der Waals surface area contributed by atoms with Gasteiger partial charge in [-0.15, -0.1) is 10.2 Å². The van der Waals surface area contributed by atoms with E-state index in [0.717, 1.165) is 17.7 Å². The van der Waals surface area contributed by atoms with Crippen LogP contribution in [0.5, 0.6) is 0 Å². The number of hydrogen-bond donors (Lipinski definition) is 1. The van der Waals surface area contributed by atoms with Gasteiger partial charge in [0.2, 0.25) is 5.91 Å². The van der Waals surface area contributed by atoms with Crippen LogP contribution < -0.4 is 5.32 Å². The lowest BCUT2D eigenvalue weighted by molar-refractivity contribution is -0.119. The van der Waals surface area contributed by atoms with Crippen LogP contribution in [0.3, 0.4) is 0 Å². The van der Waals surface area contributed by atoms with Gasteiger partial charge in [0.15, 0.2) is 5.16 Å². The third-order valence-electron chi connectivity index (χ3n) is 4.41. The van der Waals surface area contributed by atoms with E-state index in [2.05, 4.69) is 48.4 Å². The Morgan fingerprint density at radius 3 is 2.50 bits per heavy atom. The zero-order valence-corrected chi connectivity index (χ0v) is 17.3. The molecule has 146 valence electrons. The number of carbonyl (C=O) groups excluding carboxylic acids is 1. The highest BCUT2D eigenvalue weighted by atomic mass is 32.2. The molecule has 6 heteroatoms. The Hall–Kier alpha value is -2.60. The van der Waals surface area contributed by atoms with Crippen molar-refractivity contribution in [2.75, 3.05) is 5.75 Å². The van der Waals surface area contributed by atoms with Gasteiger partial charge in [0.25, 0.3) is 0 Å². The number of thioether (sulfide) groups is 1. The van der Waals surface area contributed by atoms with Crippen molar-refractivity contribution in [3.63, 3.8) is 0 Å². The smallest absolute Gasteiger partial charge is 0.230 e. The lowest BCUT2D eigenvalue weighted by atomic mass is 9.97. The fourth-order valence-corrected chi connectivity index (χ4v) is 3.75. The van der Waals surface area contributed by atoms with Crippen molar-refractivity contribution >= 4 is 17.7 Å². The summed E-state index contributed by atoms with van der Waals surface area (Å²) in [5, 5.41) is 12.1. The molecule has 0 saturated carbocycles. The molecule has 0 aliphatic heterocycles. The number of hydrogen-bond acceptors (Lipinski definition) is 4. The van der Waals surface area contributed by atoms with E-state index in [9.17, 15) is 4.79 Å². The van der Waals surface area contributed by atoms with Gasteiger partial charge in [-0.1, -0.05) is 73.6 Å². The molecule has 0 bridgehead atoms. The lowest BCUT2D eigenvalue weighted by Gasteiger charge is -2.21. The van der Waals surface area contributed by atoms with Gasteiger partial charge in [-0.3, -0.25) is 9.36 Å². The third-order valence-corrected chi connectivity index (χ3v) is 5.35. The van der Waals surface area contributed by atoms with Crippen LogP contribution in [0.15, 0.2) is 66.1 Å². The highest BCUT2D eigenvalue weighted by Crippen LogP contribution is 2.23. The molecule has 0 aliphatic rings. The highest BCUT2D eigenvalue weighted by Gasteiger charge is 2.17. The number of carbonyl (C=O) groups is 1. The van der Waals surface area contributed by atoms with Crippen LogP contribution >= 0.6 is 11.8 Å². The molecular weight excluding hydrogens is 368 g/mol. The molecule has 0 fully saturated rings. The Balaban J connectivity index is 1.64. The fourth-order valence-electron chi connectivity index (χ4n) is 3.01. The summed E-state index contributed by atoms with van der Waals surface area (Å²) in [5.74, 6) is 0.784. The summed E-state index contributed by atoms with van der Waals surface area (Å²) in [5.41, 5.74) is 3.32. The second kappa shape index (κ2) is 9.55. The fraction of sp³-hybridized carbons (Fsp3) is 0.318. The third kappa shape index (κ3) is 5.45. The number of rotatable bonds is 8. The Morgan fingerprint density at radius 2 is 1.82 bits per heavy atom. The van der Waals surface area contributed by atoms with Crippen molar-refractivity contribution in [3.05, 3.63) is 72.1 Å². The van der Waals surface area contributed by atoms with Crippen molar-refractivity contribution in [2.45, 2.75) is 38.4 Å². The number of aromatic nitrogens is 3. The summed E-state index contributed by atoms with van der Waals surface area (Å²) in [6.07, 6.45) is 2.58. The van der Waals surface area contributed by atoms with Crippen molar-refractivity contribution in [2.24, 2.45) is 5.92 Å². The molecule has 0 radical (unpaired) electrons. The van der Waals surface area contributed by atoms with E-state index in [1.807, 2.05) is 47.0 Å². The van der Waals surface area contributed by atoms with Gasteiger partial charge in [-0.05, 0) is 37.0 Å². The molecule has 1 heterocycles. The number of nitrogens with one attached hydrogen (secondary N) is 1. The second-order valence-electron chi connectivity index (χ2n) is 7.27. The summed E-state index contributed by atoms with van der Waals surface area (Å²) in [6.45, 7) is 6.39. The molecule has 1 atom stereocenters. The summed E-state index contributed by atoms with van der Waals surface area (Å²) >= 11 is 1.39. The quantitative estimate of drug-likeness (QED) is 0.569. The lowest BCUT2D eigenvalue weighted by Crippen LogP contribution is -2.31. The minimum atomic E-state index is -0.00189. The zero-order chi connectivity index (χ0) is 19.9. The molecule has 0 spiro atoms. The number of nitrogens with zero attached hydrogens (tertiary/aromatic N) is 3. The van der Waals surface area contributed by atoms with E-state index < -0.39 is 0 Å². The van der Waals surface area contributed by atoms with Gasteiger partial charge in [-0.2, -0.15) is 0 Å². The predicted molar refractivity (Wildman–Crippen MR) is 114 cm³/mol. The van der Waals surface area contributed by atoms with E-state index in [0.29, 0.717) is 16.8 Å². The Morgan fingerprint density at radius 1 is 1.11 bits per heavy atom. The number of aryl methyl sites for hydroxylation is 1. The average Bonchev–Trinajstić information content (AvgIpc) is 3.15. The van der Waals surface area contributed by atoms with Gasteiger partial charge in [0.1, 0.15) is 6.33 Å². The molecule has 1 unspecified atom stereocenters. The van der Waals surface area contributed by atoms with Crippen LogP contribution in [0.4, 0.5) is 0 Å². The molecule has 5 nitrogen and oxygen atoms in total. The Bertz CT molecular complexity index is 890. The van der Waals surface area contributed by atoms with Crippen LogP contribution in [-0.2, 0) is 4.79 Å². The summed E-state index contributed by atoms with van der Waals surface area (Å²) in [4.78, 5) is 12.6. The van der Waals surface area contributed by atoms with E-state index in [1.54, 1.807) is 6.33 Å². The van der Waals surface area contributed by atoms with Crippen LogP contribution in [0.25, 0.3) is 5.69 Å². The first-order valence-corrected chi connectivity index (χ1v) is 10.5.